The number of carbonyl (C=O) groups excluding carboxylic acids is 1. The Morgan fingerprint density at radius 1 is 1.41 bits per heavy atom. The van der Waals surface area contributed by atoms with E-state index >= 15 is 0 Å². The third kappa shape index (κ3) is 5.04. The average molecular weight is 243 g/mol. The number of carboxylic acid groups (broad SMARTS) is 1. The van der Waals surface area contributed by atoms with Gasteiger partial charge in [0.05, 0.1) is 0 Å². The number of rotatable bonds is 5. The van der Waals surface area contributed by atoms with E-state index in [2.05, 4.69) is 16.0 Å². The quantitative estimate of drug-likeness (QED) is 0.558. The van der Waals surface area contributed by atoms with Crippen molar-refractivity contribution >= 4 is 12.0 Å². The van der Waals surface area contributed by atoms with E-state index in [4.69, 9.17) is 5.11 Å². The minimum atomic E-state index is -0.979. The van der Waals surface area contributed by atoms with Crippen molar-refractivity contribution in [3.05, 3.63) is 0 Å². The third-order valence-electron chi connectivity index (χ3n) is 2.86. The first-order valence-electron chi connectivity index (χ1n) is 6.14. The number of carboxylic acids is 1. The molecule has 1 saturated heterocycles. The molecule has 6 heteroatoms. The predicted molar refractivity (Wildman–Crippen MR) is 63.9 cm³/mol. The van der Waals surface area contributed by atoms with Crippen LogP contribution in [-0.4, -0.2) is 42.3 Å². The van der Waals surface area contributed by atoms with Crippen LogP contribution in [0.15, 0.2) is 0 Å². The second-order valence-electron chi connectivity index (χ2n) is 4.32. The fourth-order valence-electron chi connectivity index (χ4n) is 1.90. The monoisotopic (exact) mass is 243 g/mol. The summed E-state index contributed by atoms with van der Waals surface area (Å²) in [5.41, 5.74) is 0. The predicted octanol–water partition coefficient (Wildman–Crippen LogP) is 0.291. The Bertz CT molecular complexity index is 265. The number of amides is 2. The van der Waals surface area contributed by atoms with Crippen molar-refractivity contribution in [3.8, 4) is 0 Å². The molecule has 0 bridgehead atoms. The van der Waals surface area contributed by atoms with E-state index < -0.39 is 12.0 Å². The molecule has 1 heterocycles. The van der Waals surface area contributed by atoms with Gasteiger partial charge in [0.25, 0.3) is 0 Å². The lowest BCUT2D eigenvalue weighted by Crippen LogP contribution is -2.51. The Morgan fingerprint density at radius 2 is 2.06 bits per heavy atom. The van der Waals surface area contributed by atoms with E-state index in [1.54, 1.807) is 0 Å². The standard InChI is InChI=1S/C11H21N3O3/c1-2-3-9(10(15)16)14-11(17)13-8-4-6-12-7-5-8/h8-9,12H,2-7H2,1H3,(H,15,16)(H2,13,14,17)/t9-/m1/s1. The molecule has 0 aromatic heterocycles. The topological polar surface area (TPSA) is 90.5 Å². The van der Waals surface area contributed by atoms with E-state index in [1.807, 2.05) is 6.92 Å². The summed E-state index contributed by atoms with van der Waals surface area (Å²) in [4.78, 5) is 22.5. The number of carbonyl (C=O) groups is 2. The number of nitrogens with one attached hydrogen (secondary N) is 3. The zero-order chi connectivity index (χ0) is 12.7. The molecule has 1 fully saturated rings. The second-order valence-corrected chi connectivity index (χ2v) is 4.32. The van der Waals surface area contributed by atoms with E-state index in [-0.39, 0.29) is 12.1 Å². The molecular formula is C11H21N3O3. The molecule has 0 saturated carbocycles. The molecule has 4 N–H and O–H groups in total. The van der Waals surface area contributed by atoms with Gasteiger partial charge in [0.2, 0.25) is 0 Å². The van der Waals surface area contributed by atoms with Gasteiger partial charge in [-0.2, -0.15) is 0 Å². The largest absolute Gasteiger partial charge is 0.480 e. The first-order chi connectivity index (χ1) is 8.13. The summed E-state index contributed by atoms with van der Waals surface area (Å²) in [6.07, 6.45) is 2.96. The van der Waals surface area contributed by atoms with Gasteiger partial charge in [-0.3, -0.25) is 0 Å². The molecule has 98 valence electrons. The number of piperidine rings is 1. The lowest BCUT2D eigenvalue weighted by atomic mass is 10.1. The first kappa shape index (κ1) is 13.8. The summed E-state index contributed by atoms with van der Waals surface area (Å²) in [5.74, 6) is -0.979. The van der Waals surface area contributed by atoms with Crippen LogP contribution in [0.5, 0.6) is 0 Å². The fraction of sp³-hybridized carbons (Fsp3) is 0.818. The molecule has 2 amide bonds. The Balaban J connectivity index is 2.33. The average Bonchev–Trinajstić information content (AvgIpc) is 2.29. The molecule has 17 heavy (non-hydrogen) atoms. The Morgan fingerprint density at radius 3 is 2.59 bits per heavy atom. The molecule has 0 radical (unpaired) electrons. The maximum absolute atomic E-state index is 11.6. The van der Waals surface area contributed by atoms with Crippen LogP contribution < -0.4 is 16.0 Å². The minimum Gasteiger partial charge on any atom is -0.480 e. The van der Waals surface area contributed by atoms with Crippen molar-refractivity contribution in [1.82, 2.24) is 16.0 Å². The maximum atomic E-state index is 11.6. The smallest absolute Gasteiger partial charge is 0.326 e. The van der Waals surface area contributed by atoms with Crippen molar-refractivity contribution in [3.63, 3.8) is 0 Å². The Kier molecular flexibility index (Phi) is 5.76. The summed E-state index contributed by atoms with van der Waals surface area (Å²) < 4.78 is 0. The summed E-state index contributed by atoms with van der Waals surface area (Å²) in [6, 6.07) is -1.02. The molecule has 0 unspecified atom stereocenters. The van der Waals surface area contributed by atoms with Crippen LogP contribution in [0.2, 0.25) is 0 Å². The highest BCUT2D eigenvalue weighted by Gasteiger charge is 2.21. The molecule has 1 aliphatic heterocycles. The van der Waals surface area contributed by atoms with Crippen LogP contribution in [0.25, 0.3) is 0 Å². The van der Waals surface area contributed by atoms with Gasteiger partial charge in [-0.1, -0.05) is 13.3 Å². The summed E-state index contributed by atoms with van der Waals surface area (Å²) >= 11 is 0. The molecule has 1 rings (SSSR count). The van der Waals surface area contributed by atoms with Gasteiger partial charge >= 0.3 is 12.0 Å². The Labute approximate surface area is 101 Å². The highest BCUT2D eigenvalue weighted by molar-refractivity contribution is 5.82. The van der Waals surface area contributed by atoms with Crippen molar-refractivity contribution in [2.24, 2.45) is 0 Å². The van der Waals surface area contributed by atoms with Gasteiger partial charge in [0.1, 0.15) is 6.04 Å². The lowest BCUT2D eigenvalue weighted by Gasteiger charge is -2.24. The molecule has 0 spiro atoms. The molecule has 6 nitrogen and oxygen atoms in total. The van der Waals surface area contributed by atoms with Crippen molar-refractivity contribution in [1.29, 1.82) is 0 Å². The molecule has 0 aromatic rings. The normalized spacial score (nSPS) is 18.4. The van der Waals surface area contributed by atoms with Crippen molar-refractivity contribution in [2.45, 2.75) is 44.7 Å². The van der Waals surface area contributed by atoms with Gasteiger partial charge < -0.3 is 21.1 Å². The minimum absolute atomic E-state index is 0.146. The zero-order valence-corrected chi connectivity index (χ0v) is 10.2. The van der Waals surface area contributed by atoms with E-state index in [9.17, 15) is 9.59 Å². The number of hydrogen-bond donors (Lipinski definition) is 4. The summed E-state index contributed by atoms with van der Waals surface area (Å²) in [7, 11) is 0. The van der Waals surface area contributed by atoms with E-state index in [1.165, 1.54) is 0 Å². The van der Waals surface area contributed by atoms with Crippen LogP contribution in [0.3, 0.4) is 0 Å². The fourth-order valence-corrected chi connectivity index (χ4v) is 1.90. The summed E-state index contributed by atoms with van der Waals surface area (Å²) in [6.45, 7) is 3.67. The van der Waals surface area contributed by atoms with Crippen LogP contribution in [0.1, 0.15) is 32.6 Å². The van der Waals surface area contributed by atoms with Crippen LogP contribution in [-0.2, 0) is 4.79 Å². The number of urea groups is 1. The van der Waals surface area contributed by atoms with Crippen molar-refractivity contribution in [2.75, 3.05) is 13.1 Å². The third-order valence-corrected chi connectivity index (χ3v) is 2.86. The molecular weight excluding hydrogens is 222 g/mol. The highest BCUT2D eigenvalue weighted by Crippen LogP contribution is 2.02. The van der Waals surface area contributed by atoms with E-state index in [0.717, 1.165) is 32.4 Å². The number of hydrogen-bond acceptors (Lipinski definition) is 3. The summed E-state index contributed by atoms with van der Waals surface area (Å²) in [5, 5.41) is 17.4. The highest BCUT2D eigenvalue weighted by atomic mass is 16.4. The molecule has 1 aliphatic rings. The Hall–Kier alpha value is -1.30. The first-order valence-corrected chi connectivity index (χ1v) is 6.14. The zero-order valence-electron chi connectivity index (χ0n) is 10.2. The lowest BCUT2D eigenvalue weighted by molar-refractivity contribution is -0.139. The van der Waals surface area contributed by atoms with E-state index in [0.29, 0.717) is 6.42 Å². The molecule has 0 aromatic carbocycles. The van der Waals surface area contributed by atoms with Crippen LogP contribution in [0, 0.1) is 0 Å². The van der Waals surface area contributed by atoms with Crippen LogP contribution >= 0.6 is 0 Å². The van der Waals surface area contributed by atoms with Gasteiger partial charge in [-0.15, -0.1) is 0 Å². The second kappa shape index (κ2) is 7.11. The molecule has 0 aliphatic carbocycles. The molecule has 1 atom stereocenters. The maximum Gasteiger partial charge on any atom is 0.326 e. The van der Waals surface area contributed by atoms with Gasteiger partial charge in [-0.25, -0.2) is 9.59 Å². The van der Waals surface area contributed by atoms with Gasteiger partial charge in [0.15, 0.2) is 0 Å². The SMILES string of the molecule is CCC[C@@H](NC(=O)NC1CCNCC1)C(=O)O. The van der Waals surface area contributed by atoms with Gasteiger partial charge in [0, 0.05) is 6.04 Å². The number of aliphatic carboxylic acids is 1. The van der Waals surface area contributed by atoms with Gasteiger partial charge in [-0.05, 0) is 32.4 Å². The van der Waals surface area contributed by atoms with Crippen LogP contribution in [0.4, 0.5) is 4.79 Å². The van der Waals surface area contributed by atoms with Crippen molar-refractivity contribution < 1.29 is 14.7 Å².